The maximum absolute atomic E-state index is 11.6. The first-order valence-electron chi connectivity index (χ1n) is 6.01. The molecular weight excluding hydrogens is 264 g/mol. The molecule has 1 aromatic carbocycles. The zero-order valence-corrected chi connectivity index (χ0v) is 12.0. The number of carbonyl (C=O) groups is 1. The zero-order valence-electron chi connectivity index (χ0n) is 11.1. The molecule has 0 aliphatic carbocycles. The van der Waals surface area contributed by atoms with Crippen LogP contribution in [0, 0.1) is 0 Å². The fraction of sp³-hybridized carbons (Fsp3) is 0.385. The number of benzene rings is 1. The number of hydrogen-bond acceptors (Lipinski definition) is 5. The Morgan fingerprint density at radius 1 is 1.32 bits per heavy atom. The largest absolute Gasteiger partial charge is 0.495 e. The van der Waals surface area contributed by atoms with Gasteiger partial charge in [0.15, 0.2) is 5.13 Å². The van der Waals surface area contributed by atoms with Crippen LogP contribution in [0.4, 0.5) is 5.13 Å². The third-order valence-corrected chi connectivity index (χ3v) is 3.62. The van der Waals surface area contributed by atoms with E-state index in [-0.39, 0.29) is 5.91 Å². The molecule has 2 rings (SSSR count). The molecule has 0 saturated heterocycles. The summed E-state index contributed by atoms with van der Waals surface area (Å²) in [6, 6.07) is 3.63. The number of thiazole rings is 1. The number of carbonyl (C=O) groups excluding carboxylic acids is 1. The maximum Gasteiger partial charge on any atom is 0.226 e. The van der Waals surface area contributed by atoms with Crippen LogP contribution in [0.15, 0.2) is 12.1 Å². The highest BCUT2D eigenvalue weighted by Crippen LogP contribution is 2.38. The number of amides is 1. The van der Waals surface area contributed by atoms with Crippen molar-refractivity contribution in [3.8, 4) is 11.5 Å². The Morgan fingerprint density at radius 2 is 2.00 bits per heavy atom. The van der Waals surface area contributed by atoms with Crippen molar-refractivity contribution >= 4 is 32.6 Å². The van der Waals surface area contributed by atoms with Gasteiger partial charge in [-0.1, -0.05) is 18.3 Å². The van der Waals surface area contributed by atoms with Crippen LogP contribution in [0.25, 0.3) is 10.2 Å². The number of nitrogens with zero attached hydrogens (tertiary/aromatic N) is 1. The summed E-state index contributed by atoms with van der Waals surface area (Å²) in [6.45, 7) is 1.96. The summed E-state index contributed by atoms with van der Waals surface area (Å²) >= 11 is 1.38. The van der Waals surface area contributed by atoms with E-state index < -0.39 is 0 Å². The lowest BCUT2D eigenvalue weighted by molar-refractivity contribution is -0.116. The molecule has 102 valence electrons. The van der Waals surface area contributed by atoms with Gasteiger partial charge in [-0.05, 0) is 18.6 Å². The van der Waals surface area contributed by atoms with E-state index in [0.29, 0.717) is 22.8 Å². The summed E-state index contributed by atoms with van der Waals surface area (Å²) in [7, 11) is 3.20. The average molecular weight is 280 g/mol. The Morgan fingerprint density at radius 3 is 2.63 bits per heavy atom. The molecule has 0 fully saturated rings. The highest BCUT2D eigenvalue weighted by molar-refractivity contribution is 7.22. The number of rotatable bonds is 5. The van der Waals surface area contributed by atoms with Gasteiger partial charge in [-0.2, -0.15) is 0 Å². The molecule has 1 heterocycles. The van der Waals surface area contributed by atoms with E-state index in [1.165, 1.54) is 11.3 Å². The topological polar surface area (TPSA) is 60.5 Å². The van der Waals surface area contributed by atoms with Gasteiger partial charge in [0.1, 0.15) is 21.7 Å². The third kappa shape index (κ3) is 2.78. The van der Waals surface area contributed by atoms with Crippen LogP contribution >= 0.6 is 11.3 Å². The van der Waals surface area contributed by atoms with Gasteiger partial charge in [0.05, 0.1) is 14.2 Å². The lowest BCUT2D eigenvalue weighted by atomic mass is 10.3. The SMILES string of the molecule is CCCC(=O)Nc1nc2c(OC)ccc(OC)c2s1. The van der Waals surface area contributed by atoms with Crippen LogP contribution < -0.4 is 14.8 Å². The van der Waals surface area contributed by atoms with Crippen LogP contribution in [0.2, 0.25) is 0 Å². The number of fused-ring (bicyclic) bond motifs is 1. The molecule has 1 amide bonds. The third-order valence-electron chi connectivity index (χ3n) is 2.63. The Labute approximate surface area is 115 Å². The first-order chi connectivity index (χ1) is 9.19. The van der Waals surface area contributed by atoms with Gasteiger partial charge in [-0.15, -0.1) is 0 Å². The molecule has 0 unspecified atom stereocenters. The molecule has 0 bridgehead atoms. The molecule has 0 atom stereocenters. The average Bonchev–Trinajstić information content (AvgIpc) is 2.81. The molecule has 0 spiro atoms. The van der Waals surface area contributed by atoms with E-state index in [0.717, 1.165) is 16.9 Å². The minimum absolute atomic E-state index is 0.0283. The van der Waals surface area contributed by atoms with Crippen molar-refractivity contribution in [2.75, 3.05) is 19.5 Å². The van der Waals surface area contributed by atoms with Gasteiger partial charge in [0.2, 0.25) is 5.91 Å². The van der Waals surface area contributed by atoms with Crippen LogP contribution in [0.1, 0.15) is 19.8 Å². The molecule has 0 aliphatic heterocycles. The van der Waals surface area contributed by atoms with Gasteiger partial charge >= 0.3 is 0 Å². The molecule has 1 N–H and O–H groups in total. The molecule has 0 aliphatic rings. The van der Waals surface area contributed by atoms with Gasteiger partial charge in [-0.25, -0.2) is 4.98 Å². The van der Waals surface area contributed by atoms with Crippen molar-refractivity contribution in [1.82, 2.24) is 4.98 Å². The monoisotopic (exact) mass is 280 g/mol. The standard InChI is InChI=1S/C13H16N2O3S/c1-4-5-10(16)14-13-15-11-8(17-2)6-7-9(18-3)12(11)19-13/h6-7H,4-5H2,1-3H3,(H,14,15,16). The predicted molar refractivity (Wildman–Crippen MR) is 76.3 cm³/mol. The van der Waals surface area contributed by atoms with Crippen LogP contribution in [0.3, 0.4) is 0 Å². The van der Waals surface area contributed by atoms with Crippen molar-refractivity contribution in [3.05, 3.63) is 12.1 Å². The van der Waals surface area contributed by atoms with Gasteiger partial charge < -0.3 is 14.8 Å². The maximum atomic E-state index is 11.6. The summed E-state index contributed by atoms with van der Waals surface area (Å²) in [6.07, 6.45) is 1.30. The Kier molecular flexibility index (Phi) is 4.21. The molecule has 2 aromatic rings. The number of hydrogen-bond donors (Lipinski definition) is 1. The highest BCUT2D eigenvalue weighted by atomic mass is 32.1. The van der Waals surface area contributed by atoms with Crippen LogP contribution in [-0.2, 0) is 4.79 Å². The molecule has 19 heavy (non-hydrogen) atoms. The summed E-state index contributed by atoms with van der Waals surface area (Å²) in [4.78, 5) is 16.0. The second kappa shape index (κ2) is 5.88. The smallest absolute Gasteiger partial charge is 0.226 e. The number of ether oxygens (including phenoxy) is 2. The van der Waals surface area contributed by atoms with Crippen molar-refractivity contribution in [2.24, 2.45) is 0 Å². The van der Waals surface area contributed by atoms with Crippen molar-refractivity contribution in [2.45, 2.75) is 19.8 Å². The van der Waals surface area contributed by atoms with Crippen LogP contribution in [-0.4, -0.2) is 25.1 Å². The van der Waals surface area contributed by atoms with Gasteiger partial charge in [0, 0.05) is 6.42 Å². The fourth-order valence-corrected chi connectivity index (χ4v) is 2.74. The first kappa shape index (κ1) is 13.6. The lowest BCUT2D eigenvalue weighted by Gasteiger charge is -2.03. The second-order valence-electron chi connectivity index (χ2n) is 3.97. The normalized spacial score (nSPS) is 10.5. The molecule has 0 radical (unpaired) electrons. The van der Waals surface area contributed by atoms with E-state index in [9.17, 15) is 4.79 Å². The molecule has 1 aromatic heterocycles. The quantitative estimate of drug-likeness (QED) is 0.914. The summed E-state index contributed by atoms with van der Waals surface area (Å²) in [5.74, 6) is 1.37. The summed E-state index contributed by atoms with van der Waals surface area (Å²) < 4.78 is 11.4. The van der Waals surface area contributed by atoms with E-state index in [1.807, 2.05) is 13.0 Å². The Hall–Kier alpha value is -1.82. The number of anilines is 1. The Bertz CT molecular complexity index is 554. The van der Waals surface area contributed by atoms with Crippen molar-refractivity contribution in [1.29, 1.82) is 0 Å². The minimum Gasteiger partial charge on any atom is -0.495 e. The van der Waals surface area contributed by atoms with E-state index >= 15 is 0 Å². The van der Waals surface area contributed by atoms with Gasteiger partial charge in [-0.3, -0.25) is 4.79 Å². The summed E-state index contributed by atoms with van der Waals surface area (Å²) in [5.41, 5.74) is 0.707. The Balaban J connectivity index is 2.40. The molecular formula is C13H16N2O3S. The number of aromatic nitrogens is 1. The van der Waals surface area contributed by atoms with Crippen molar-refractivity contribution < 1.29 is 14.3 Å². The highest BCUT2D eigenvalue weighted by Gasteiger charge is 2.14. The van der Waals surface area contributed by atoms with Crippen LogP contribution in [0.5, 0.6) is 11.5 Å². The van der Waals surface area contributed by atoms with E-state index in [4.69, 9.17) is 9.47 Å². The predicted octanol–water partition coefficient (Wildman–Crippen LogP) is 3.05. The lowest BCUT2D eigenvalue weighted by Crippen LogP contribution is -2.09. The molecule has 6 heteroatoms. The van der Waals surface area contributed by atoms with E-state index in [1.54, 1.807) is 20.3 Å². The fourth-order valence-electron chi connectivity index (χ4n) is 1.75. The minimum atomic E-state index is -0.0283. The second-order valence-corrected chi connectivity index (χ2v) is 4.96. The molecule has 5 nitrogen and oxygen atoms in total. The van der Waals surface area contributed by atoms with Crippen molar-refractivity contribution in [3.63, 3.8) is 0 Å². The van der Waals surface area contributed by atoms with E-state index in [2.05, 4.69) is 10.3 Å². The molecule has 0 saturated carbocycles. The van der Waals surface area contributed by atoms with Gasteiger partial charge in [0.25, 0.3) is 0 Å². The first-order valence-corrected chi connectivity index (χ1v) is 6.82. The summed E-state index contributed by atoms with van der Waals surface area (Å²) in [5, 5.41) is 3.36. The number of methoxy groups -OCH3 is 2. The number of nitrogens with one attached hydrogen (secondary N) is 1. The zero-order chi connectivity index (χ0) is 13.8.